The van der Waals surface area contributed by atoms with Gasteiger partial charge in [-0.05, 0) is 37.3 Å². The first kappa shape index (κ1) is 14.6. The number of aromatic nitrogens is 1. The highest BCUT2D eigenvalue weighted by molar-refractivity contribution is 6.35. The molecule has 0 aliphatic heterocycles. The molecule has 0 aliphatic rings. The van der Waals surface area contributed by atoms with Gasteiger partial charge >= 0.3 is 5.97 Å². The van der Waals surface area contributed by atoms with Gasteiger partial charge in [-0.15, -0.1) is 0 Å². The van der Waals surface area contributed by atoms with Gasteiger partial charge in [0.05, 0.1) is 17.2 Å². The molecule has 104 valence electrons. The van der Waals surface area contributed by atoms with Crippen LogP contribution in [0.25, 0.3) is 0 Å². The van der Waals surface area contributed by atoms with Crippen molar-refractivity contribution >= 4 is 29.2 Å². The molecule has 1 heterocycles. The van der Waals surface area contributed by atoms with Crippen LogP contribution in [-0.4, -0.2) is 17.6 Å². The zero-order valence-electron chi connectivity index (χ0n) is 10.6. The van der Waals surface area contributed by atoms with Crippen LogP contribution in [0.5, 0.6) is 11.6 Å². The number of carbonyl (C=O) groups excluding carboxylic acids is 1. The van der Waals surface area contributed by atoms with E-state index in [0.29, 0.717) is 28.0 Å². The molecule has 0 radical (unpaired) electrons. The smallest absolute Gasteiger partial charge is 0.338 e. The highest BCUT2D eigenvalue weighted by atomic mass is 35.5. The van der Waals surface area contributed by atoms with Crippen LogP contribution >= 0.6 is 23.2 Å². The third-order valence-electron chi connectivity index (χ3n) is 2.35. The molecule has 0 unspecified atom stereocenters. The van der Waals surface area contributed by atoms with Crippen molar-refractivity contribution in [2.24, 2.45) is 0 Å². The van der Waals surface area contributed by atoms with E-state index in [0.717, 1.165) is 0 Å². The van der Waals surface area contributed by atoms with Gasteiger partial charge < -0.3 is 9.47 Å². The van der Waals surface area contributed by atoms with Crippen LogP contribution in [0.3, 0.4) is 0 Å². The summed E-state index contributed by atoms with van der Waals surface area (Å²) in [6.45, 7) is 2.09. The number of carbonyl (C=O) groups is 1. The first-order chi connectivity index (χ1) is 9.60. The molecule has 20 heavy (non-hydrogen) atoms. The van der Waals surface area contributed by atoms with Crippen molar-refractivity contribution in [1.82, 2.24) is 4.98 Å². The van der Waals surface area contributed by atoms with Crippen molar-refractivity contribution < 1.29 is 14.3 Å². The van der Waals surface area contributed by atoms with Crippen molar-refractivity contribution in [3.63, 3.8) is 0 Å². The zero-order chi connectivity index (χ0) is 14.5. The SMILES string of the molecule is CCOC(=O)c1ccc(Oc2ncc(Cl)cc2Cl)cc1. The van der Waals surface area contributed by atoms with Gasteiger partial charge in [0.2, 0.25) is 5.88 Å². The molecule has 0 saturated heterocycles. The number of pyridine rings is 1. The number of ether oxygens (including phenoxy) is 2. The third kappa shape index (κ3) is 3.62. The van der Waals surface area contributed by atoms with Crippen LogP contribution in [0.2, 0.25) is 10.0 Å². The Labute approximate surface area is 126 Å². The average molecular weight is 312 g/mol. The van der Waals surface area contributed by atoms with E-state index in [9.17, 15) is 4.79 Å². The van der Waals surface area contributed by atoms with Crippen molar-refractivity contribution in [2.75, 3.05) is 6.61 Å². The summed E-state index contributed by atoms with van der Waals surface area (Å²) in [6, 6.07) is 8.03. The van der Waals surface area contributed by atoms with E-state index in [2.05, 4.69) is 4.98 Å². The van der Waals surface area contributed by atoms with Gasteiger partial charge in [0.1, 0.15) is 10.8 Å². The third-order valence-corrected chi connectivity index (χ3v) is 2.83. The molecule has 0 saturated carbocycles. The lowest BCUT2D eigenvalue weighted by molar-refractivity contribution is 0.0526. The monoisotopic (exact) mass is 311 g/mol. The maximum absolute atomic E-state index is 11.5. The van der Waals surface area contributed by atoms with Crippen LogP contribution < -0.4 is 4.74 Å². The summed E-state index contributed by atoms with van der Waals surface area (Å²) >= 11 is 11.7. The lowest BCUT2D eigenvalue weighted by atomic mass is 10.2. The number of hydrogen-bond donors (Lipinski definition) is 0. The van der Waals surface area contributed by atoms with Gasteiger partial charge in [0, 0.05) is 6.20 Å². The summed E-state index contributed by atoms with van der Waals surface area (Å²) in [5.41, 5.74) is 0.453. The minimum absolute atomic E-state index is 0.250. The van der Waals surface area contributed by atoms with E-state index in [-0.39, 0.29) is 11.8 Å². The Morgan fingerprint density at radius 2 is 1.95 bits per heavy atom. The Bertz CT molecular complexity index is 614. The average Bonchev–Trinajstić information content (AvgIpc) is 2.43. The van der Waals surface area contributed by atoms with Gasteiger partial charge in [-0.25, -0.2) is 9.78 Å². The molecule has 1 aromatic carbocycles. The number of halogens is 2. The van der Waals surface area contributed by atoms with E-state index in [1.165, 1.54) is 6.20 Å². The molecule has 6 heteroatoms. The predicted molar refractivity (Wildman–Crippen MR) is 76.7 cm³/mol. The quantitative estimate of drug-likeness (QED) is 0.787. The highest BCUT2D eigenvalue weighted by Gasteiger charge is 2.08. The second kappa shape index (κ2) is 6.59. The van der Waals surface area contributed by atoms with Crippen LogP contribution in [0.1, 0.15) is 17.3 Å². The van der Waals surface area contributed by atoms with E-state index in [1.54, 1.807) is 37.3 Å². The van der Waals surface area contributed by atoms with Gasteiger partial charge in [-0.3, -0.25) is 0 Å². The molecule has 4 nitrogen and oxygen atoms in total. The molecule has 0 N–H and O–H groups in total. The van der Waals surface area contributed by atoms with Crippen molar-refractivity contribution in [3.8, 4) is 11.6 Å². The fourth-order valence-electron chi connectivity index (χ4n) is 1.46. The maximum atomic E-state index is 11.5. The normalized spacial score (nSPS) is 10.2. The van der Waals surface area contributed by atoms with Gasteiger partial charge in [0.15, 0.2) is 0 Å². The zero-order valence-corrected chi connectivity index (χ0v) is 12.1. The molecule has 0 spiro atoms. The number of benzene rings is 1. The molecule has 0 atom stereocenters. The second-order valence-electron chi connectivity index (χ2n) is 3.79. The summed E-state index contributed by atoms with van der Waals surface area (Å²) in [4.78, 5) is 15.5. The van der Waals surface area contributed by atoms with E-state index < -0.39 is 0 Å². The van der Waals surface area contributed by atoms with Gasteiger partial charge in [-0.1, -0.05) is 23.2 Å². The number of esters is 1. The number of hydrogen-bond acceptors (Lipinski definition) is 4. The van der Waals surface area contributed by atoms with Crippen LogP contribution in [0.15, 0.2) is 36.5 Å². The second-order valence-corrected chi connectivity index (χ2v) is 4.63. The van der Waals surface area contributed by atoms with Crippen LogP contribution in [0.4, 0.5) is 0 Å². The summed E-state index contributed by atoms with van der Waals surface area (Å²) < 4.78 is 10.4. The van der Waals surface area contributed by atoms with Crippen LogP contribution in [0, 0.1) is 0 Å². The lowest BCUT2D eigenvalue weighted by Gasteiger charge is -2.07. The molecule has 0 amide bonds. The van der Waals surface area contributed by atoms with E-state index >= 15 is 0 Å². The summed E-state index contributed by atoms with van der Waals surface area (Å²) in [5, 5.41) is 0.743. The molecular formula is C14H11Cl2NO3. The molecular weight excluding hydrogens is 301 g/mol. The fourth-order valence-corrected chi connectivity index (χ4v) is 1.88. The first-order valence-electron chi connectivity index (χ1n) is 5.86. The Kier molecular flexibility index (Phi) is 4.82. The Morgan fingerprint density at radius 3 is 2.55 bits per heavy atom. The van der Waals surface area contributed by atoms with Crippen molar-refractivity contribution in [2.45, 2.75) is 6.92 Å². The largest absolute Gasteiger partial charge is 0.462 e. The van der Waals surface area contributed by atoms with E-state index in [4.69, 9.17) is 32.7 Å². The number of nitrogens with zero attached hydrogens (tertiary/aromatic N) is 1. The van der Waals surface area contributed by atoms with E-state index in [1.807, 2.05) is 0 Å². The van der Waals surface area contributed by atoms with Gasteiger partial charge in [0.25, 0.3) is 0 Å². The topological polar surface area (TPSA) is 48.4 Å². The number of rotatable bonds is 4. The molecule has 1 aromatic heterocycles. The summed E-state index contributed by atoms with van der Waals surface area (Å²) in [6.07, 6.45) is 1.44. The summed E-state index contributed by atoms with van der Waals surface area (Å²) in [7, 11) is 0. The minimum atomic E-state index is -0.373. The summed E-state index contributed by atoms with van der Waals surface area (Å²) in [5.74, 6) is 0.386. The van der Waals surface area contributed by atoms with Gasteiger partial charge in [-0.2, -0.15) is 0 Å². The highest BCUT2D eigenvalue weighted by Crippen LogP contribution is 2.29. The minimum Gasteiger partial charge on any atom is -0.462 e. The Hall–Kier alpha value is -1.78. The molecule has 2 aromatic rings. The predicted octanol–water partition coefficient (Wildman–Crippen LogP) is 4.36. The molecule has 2 rings (SSSR count). The maximum Gasteiger partial charge on any atom is 0.338 e. The molecule has 0 aliphatic carbocycles. The van der Waals surface area contributed by atoms with Crippen LogP contribution in [-0.2, 0) is 4.74 Å². The molecule has 0 fully saturated rings. The lowest BCUT2D eigenvalue weighted by Crippen LogP contribution is -2.04. The molecule has 0 bridgehead atoms. The van der Waals surface area contributed by atoms with Crippen molar-refractivity contribution in [3.05, 3.63) is 52.1 Å². The van der Waals surface area contributed by atoms with Crippen molar-refractivity contribution in [1.29, 1.82) is 0 Å². The first-order valence-corrected chi connectivity index (χ1v) is 6.62. The Balaban J connectivity index is 2.12. The fraction of sp³-hybridized carbons (Fsp3) is 0.143. The standard InChI is InChI=1S/C14H11Cl2NO3/c1-2-19-14(18)9-3-5-11(6-4-9)20-13-12(16)7-10(15)8-17-13/h3-8H,2H2,1H3. The Morgan fingerprint density at radius 1 is 1.25 bits per heavy atom.